The van der Waals surface area contributed by atoms with Crippen molar-refractivity contribution in [1.29, 1.82) is 0 Å². The van der Waals surface area contributed by atoms with Gasteiger partial charge in [-0.2, -0.15) is 10.2 Å². The summed E-state index contributed by atoms with van der Waals surface area (Å²) in [5, 5.41) is 8.72. The quantitative estimate of drug-likeness (QED) is 0.575. The summed E-state index contributed by atoms with van der Waals surface area (Å²) < 4.78 is 1.89. The molecule has 0 radical (unpaired) electrons. The maximum absolute atomic E-state index is 11.0. The van der Waals surface area contributed by atoms with E-state index in [1.807, 2.05) is 41.2 Å². The van der Waals surface area contributed by atoms with E-state index < -0.39 is 0 Å². The summed E-state index contributed by atoms with van der Waals surface area (Å²) >= 11 is 0. The molecular formula is C20H20N4O. The summed E-state index contributed by atoms with van der Waals surface area (Å²) in [5.41, 5.74) is 7.50. The molecule has 1 N–H and O–H groups in total. The van der Waals surface area contributed by atoms with Crippen LogP contribution in [0.4, 0.5) is 0 Å². The van der Waals surface area contributed by atoms with Crippen LogP contribution in [0.5, 0.6) is 0 Å². The normalized spacial score (nSPS) is 11.0. The predicted octanol–water partition coefficient (Wildman–Crippen LogP) is 3.38. The van der Waals surface area contributed by atoms with Gasteiger partial charge in [-0.25, -0.2) is 5.43 Å². The summed E-state index contributed by atoms with van der Waals surface area (Å²) in [6.07, 6.45) is 3.57. The third kappa shape index (κ3) is 4.41. The van der Waals surface area contributed by atoms with Crippen LogP contribution in [-0.2, 0) is 11.3 Å². The first-order valence-electron chi connectivity index (χ1n) is 8.10. The fraction of sp³-hybridized carbons (Fsp3) is 0.150. The standard InChI is InChI=1S/C20H20N4O/c1-15-7-6-10-18(11-15)20-19(12-21-22-16(2)25)14-24(23-20)13-17-8-4-3-5-9-17/h3-12,14H,13H2,1-2H3,(H,22,25)/b21-12-. The minimum atomic E-state index is -0.204. The molecule has 1 heterocycles. The number of nitrogens with zero attached hydrogens (tertiary/aromatic N) is 3. The largest absolute Gasteiger partial charge is 0.274 e. The summed E-state index contributed by atoms with van der Waals surface area (Å²) in [4.78, 5) is 11.0. The van der Waals surface area contributed by atoms with Crippen LogP contribution in [0.3, 0.4) is 0 Å². The molecule has 0 aliphatic carbocycles. The molecule has 3 aromatic rings. The lowest BCUT2D eigenvalue weighted by atomic mass is 10.1. The van der Waals surface area contributed by atoms with Crippen molar-refractivity contribution < 1.29 is 4.79 Å². The van der Waals surface area contributed by atoms with Gasteiger partial charge >= 0.3 is 0 Å². The molecule has 1 aromatic heterocycles. The number of carbonyl (C=O) groups excluding carboxylic acids is 1. The Hall–Kier alpha value is -3.21. The highest BCUT2D eigenvalue weighted by Gasteiger charge is 2.10. The van der Waals surface area contributed by atoms with Crippen molar-refractivity contribution in [2.45, 2.75) is 20.4 Å². The summed E-state index contributed by atoms with van der Waals surface area (Å²) in [5.74, 6) is -0.204. The van der Waals surface area contributed by atoms with Crippen molar-refractivity contribution in [1.82, 2.24) is 15.2 Å². The van der Waals surface area contributed by atoms with Crippen LogP contribution < -0.4 is 5.43 Å². The highest BCUT2D eigenvalue weighted by atomic mass is 16.2. The molecule has 0 aliphatic heterocycles. The van der Waals surface area contributed by atoms with Gasteiger partial charge in [0.15, 0.2) is 0 Å². The molecule has 0 spiro atoms. The topological polar surface area (TPSA) is 59.3 Å². The van der Waals surface area contributed by atoms with Crippen molar-refractivity contribution in [3.8, 4) is 11.3 Å². The maximum atomic E-state index is 11.0. The number of nitrogens with one attached hydrogen (secondary N) is 1. The molecule has 3 rings (SSSR count). The number of amides is 1. The third-order valence-corrected chi connectivity index (χ3v) is 3.69. The predicted molar refractivity (Wildman–Crippen MR) is 99.4 cm³/mol. The number of hydrogen-bond acceptors (Lipinski definition) is 3. The second-order valence-electron chi connectivity index (χ2n) is 5.91. The number of aryl methyl sites for hydroxylation is 1. The van der Waals surface area contributed by atoms with Gasteiger partial charge < -0.3 is 0 Å². The van der Waals surface area contributed by atoms with E-state index in [4.69, 9.17) is 5.10 Å². The summed E-state index contributed by atoms with van der Waals surface area (Å²) in [7, 11) is 0. The van der Waals surface area contributed by atoms with Gasteiger partial charge in [-0.3, -0.25) is 9.48 Å². The molecule has 0 unspecified atom stereocenters. The molecule has 5 heteroatoms. The minimum Gasteiger partial charge on any atom is -0.274 e. The van der Waals surface area contributed by atoms with E-state index in [9.17, 15) is 4.79 Å². The molecule has 25 heavy (non-hydrogen) atoms. The number of hydrazone groups is 1. The number of rotatable bonds is 5. The van der Waals surface area contributed by atoms with Crippen molar-refractivity contribution in [3.63, 3.8) is 0 Å². The van der Waals surface area contributed by atoms with Crippen molar-refractivity contribution in [2.24, 2.45) is 5.10 Å². The molecule has 1 amide bonds. The van der Waals surface area contributed by atoms with Gasteiger partial charge in [0, 0.05) is 24.2 Å². The molecule has 5 nitrogen and oxygen atoms in total. The van der Waals surface area contributed by atoms with Gasteiger partial charge in [0.25, 0.3) is 0 Å². The fourth-order valence-corrected chi connectivity index (χ4v) is 2.59. The Morgan fingerprint density at radius 1 is 1.20 bits per heavy atom. The molecule has 0 aliphatic rings. The zero-order valence-electron chi connectivity index (χ0n) is 14.3. The third-order valence-electron chi connectivity index (χ3n) is 3.69. The second-order valence-corrected chi connectivity index (χ2v) is 5.91. The van der Waals surface area contributed by atoms with E-state index in [-0.39, 0.29) is 5.91 Å². The smallest absolute Gasteiger partial charge is 0.236 e. The minimum absolute atomic E-state index is 0.204. The number of aromatic nitrogens is 2. The van der Waals surface area contributed by atoms with Gasteiger partial charge in [0.1, 0.15) is 5.69 Å². The Balaban J connectivity index is 1.96. The molecule has 0 fully saturated rings. The molecule has 0 saturated carbocycles. The first-order chi connectivity index (χ1) is 12.1. The lowest BCUT2D eigenvalue weighted by Crippen LogP contribution is -2.12. The van der Waals surface area contributed by atoms with Crippen LogP contribution in [0, 0.1) is 6.92 Å². The van der Waals surface area contributed by atoms with E-state index in [1.54, 1.807) is 6.21 Å². The summed E-state index contributed by atoms with van der Waals surface area (Å²) in [6, 6.07) is 18.3. The monoisotopic (exact) mass is 332 g/mol. The van der Waals surface area contributed by atoms with E-state index in [0.29, 0.717) is 6.54 Å². The molecule has 126 valence electrons. The van der Waals surface area contributed by atoms with E-state index >= 15 is 0 Å². The van der Waals surface area contributed by atoms with E-state index in [0.717, 1.165) is 16.8 Å². The van der Waals surface area contributed by atoms with Crippen molar-refractivity contribution in [3.05, 3.63) is 77.5 Å². The molecule has 0 atom stereocenters. The van der Waals surface area contributed by atoms with Gasteiger partial charge in [-0.15, -0.1) is 0 Å². The van der Waals surface area contributed by atoms with Crippen LogP contribution in [-0.4, -0.2) is 21.9 Å². The zero-order chi connectivity index (χ0) is 17.6. The number of carbonyl (C=O) groups is 1. The van der Waals surface area contributed by atoms with Crippen LogP contribution in [0.1, 0.15) is 23.6 Å². The van der Waals surface area contributed by atoms with Crippen molar-refractivity contribution in [2.75, 3.05) is 0 Å². The van der Waals surface area contributed by atoms with Crippen LogP contribution in [0.2, 0.25) is 0 Å². The number of hydrogen-bond donors (Lipinski definition) is 1. The van der Waals surface area contributed by atoms with Gasteiger partial charge in [0.05, 0.1) is 12.8 Å². The second kappa shape index (κ2) is 7.57. The summed E-state index contributed by atoms with van der Waals surface area (Å²) in [6.45, 7) is 4.15. The maximum Gasteiger partial charge on any atom is 0.236 e. The van der Waals surface area contributed by atoms with Gasteiger partial charge in [-0.1, -0.05) is 54.1 Å². The fourth-order valence-electron chi connectivity index (χ4n) is 2.59. The SMILES string of the molecule is CC(=O)N/N=C\c1cn(Cc2ccccc2)nc1-c1cccc(C)c1. The zero-order valence-corrected chi connectivity index (χ0v) is 14.3. The highest BCUT2D eigenvalue weighted by molar-refractivity contribution is 5.89. The lowest BCUT2D eigenvalue weighted by Gasteiger charge is -2.02. The Kier molecular flexibility index (Phi) is 5.04. The molecular weight excluding hydrogens is 312 g/mol. The van der Waals surface area contributed by atoms with Crippen LogP contribution in [0.25, 0.3) is 11.3 Å². The first-order valence-corrected chi connectivity index (χ1v) is 8.10. The van der Waals surface area contributed by atoms with Crippen LogP contribution >= 0.6 is 0 Å². The van der Waals surface area contributed by atoms with Gasteiger partial charge in [0.2, 0.25) is 5.91 Å². The molecule has 2 aromatic carbocycles. The first kappa shape index (κ1) is 16.6. The van der Waals surface area contributed by atoms with E-state index in [1.165, 1.54) is 18.1 Å². The average molecular weight is 332 g/mol. The Morgan fingerprint density at radius 3 is 2.72 bits per heavy atom. The number of benzene rings is 2. The molecule has 0 bridgehead atoms. The van der Waals surface area contributed by atoms with Gasteiger partial charge in [-0.05, 0) is 18.6 Å². The molecule has 0 saturated heterocycles. The Labute approximate surface area is 147 Å². The van der Waals surface area contributed by atoms with Crippen LogP contribution in [0.15, 0.2) is 65.9 Å². The Morgan fingerprint density at radius 2 is 2.00 bits per heavy atom. The van der Waals surface area contributed by atoms with E-state index in [2.05, 4.69) is 41.7 Å². The Bertz CT molecular complexity index is 897. The lowest BCUT2D eigenvalue weighted by molar-refractivity contribution is -0.118. The highest BCUT2D eigenvalue weighted by Crippen LogP contribution is 2.22. The van der Waals surface area contributed by atoms with Crippen molar-refractivity contribution >= 4 is 12.1 Å². The average Bonchev–Trinajstić information content (AvgIpc) is 2.98.